The van der Waals surface area contributed by atoms with E-state index in [1.165, 1.54) is 13.0 Å². The van der Waals surface area contributed by atoms with Gasteiger partial charge in [-0.2, -0.15) is 0 Å². The summed E-state index contributed by atoms with van der Waals surface area (Å²) >= 11 is 0. The normalized spacial score (nSPS) is 16.4. The molecule has 0 saturated carbocycles. The number of para-hydroxylation sites is 1. The zero-order valence-corrected chi connectivity index (χ0v) is 14.4. The number of nitrogens with two attached hydrogens (primary N) is 1. The van der Waals surface area contributed by atoms with Crippen LogP contribution in [0.5, 0.6) is 0 Å². The predicted molar refractivity (Wildman–Crippen MR) is 90.6 cm³/mol. The molecule has 0 spiro atoms. The first kappa shape index (κ1) is 17.8. The van der Waals surface area contributed by atoms with Gasteiger partial charge in [-0.15, -0.1) is 0 Å². The van der Waals surface area contributed by atoms with Gasteiger partial charge in [0.1, 0.15) is 16.8 Å². The van der Waals surface area contributed by atoms with Gasteiger partial charge in [-0.25, -0.2) is 12.8 Å². The van der Waals surface area contributed by atoms with Crippen molar-refractivity contribution in [2.45, 2.75) is 24.3 Å². The van der Waals surface area contributed by atoms with E-state index in [2.05, 4.69) is 0 Å². The van der Waals surface area contributed by atoms with Gasteiger partial charge in [-0.05, 0) is 24.6 Å². The highest BCUT2D eigenvalue weighted by Gasteiger charge is 2.42. The average molecular weight is 379 g/mol. The molecule has 0 radical (unpaired) electrons. The van der Waals surface area contributed by atoms with Crippen molar-refractivity contribution in [2.24, 2.45) is 5.73 Å². The molecule has 2 aromatic carbocycles. The van der Waals surface area contributed by atoms with E-state index >= 15 is 0 Å². The molecule has 136 valence electrons. The number of amides is 1. The van der Waals surface area contributed by atoms with Gasteiger partial charge in [0.25, 0.3) is 15.7 Å². The van der Waals surface area contributed by atoms with E-state index in [9.17, 15) is 27.7 Å². The van der Waals surface area contributed by atoms with Crippen LogP contribution in [0.2, 0.25) is 0 Å². The van der Waals surface area contributed by atoms with Crippen molar-refractivity contribution in [3.8, 4) is 0 Å². The number of carbonyl (C=O) groups is 1. The zero-order chi connectivity index (χ0) is 19.2. The van der Waals surface area contributed by atoms with Gasteiger partial charge in [0.05, 0.1) is 10.6 Å². The van der Waals surface area contributed by atoms with E-state index in [1.807, 2.05) is 0 Å². The Morgan fingerprint density at radius 2 is 2.00 bits per heavy atom. The minimum Gasteiger partial charge on any atom is -0.368 e. The predicted octanol–water partition coefficient (Wildman–Crippen LogP) is 1.65. The van der Waals surface area contributed by atoms with E-state index in [4.69, 9.17) is 5.73 Å². The highest BCUT2D eigenvalue weighted by Crippen LogP contribution is 2.38. The Morgan fingerprint density at radius 3 is 2.62 bits per heavy atom. The number of rotatable bonds is 4. The second kappa shape index (κ2) is 6.06. The summed E-state index contributed by atoms with van der Waals surface area (Å²) in [6, 6.07) is 6.55. The van der Waals surface area contributed by atoms with E-state index in [-0.39, 0.29) is 17.7 Å². The zero-order valence-electron chi connectivity index (χ0n) is 13.5. The maximum atomic E-state index is 14.4. The maximum Gasteiger partial charge on any atom is 0.273 e. The van der Waals surface area contributed by atoms with Gasteiger partial charge in [0.15, 0.2) is 0 Å². The van der Waals surface area contributed by atoms with Crippen LogP contribution in [0.1, 0.15) is 11.1 Å². The first-order chi connectivity index (χ1) is 12.1. The van der Waals surface area contributed by atoms with Crippen molar-refractivity contribution in [1.82, 2.24) is 0 Å². The molecule has 0 fully saturated rings. The first-order valence-electron chi connectivity index (χ1n) is 7.50. The molecule has 0 aliphatic carbocycles. The third-order valence-corrected chi connectivity index (χ3v) is 6.08. The average Bonchev–Trinajstić information content (AvgIpc) is 2.94. The number of halogens is 1. The molecule has 1 aliphatic rings. The molecule has 8 nitrogen and oxygen atoms in total. The number of hydrogen-bond acceptors (Lipinski definition) is 5. The number of carbonyl (C=O) groups excluding carboxylic acids is 1. The number of benzene rings is 2. The number of hydrogen-bond donors (Lipinski definition) is 1. The van der Waals surface area contributed by atoms with Crippen molar-refractivity contribution < 1.29 is 22.5 Å². The third-order valence-electron chi connectivity index (χ3n) is 4.24. The smallest absolute Gasteiger partial charge is 0.273 e. The summed E-state index contributed by atoms with van der Waals surface area (Å²) in [6.07, 6.45) is 0.0420. The molecule has 0 unspecified atom stereocenters. The van der Waals surface area contributed by atoms with Crippen LogP contribution in [0, 0.1) is 22.9 Å². The van der Waals surface area contributed by atoms with Crippen molar-refractivity contribution in [3.63, 3.8) is 0 Å². The lowest BCUT2D eigenvalue weighted by molar-refractivity contribution is -0.385. The summed E-state index contributed by atoms with van der Waals surface area (Å²) < 4.78 is 41.3. The maximum absolute atomic E-state index is 14.4. The van der Waals surface area contributed by atoms with Crippen LogP contribution in [0.4, 0.5) is 15.8 Å². The molecule has 1 heterocycles. The number of nitro groups is 1. The fourth-order valence-electron chi connectivity index (χ4n) is 3.01. The molecule has 10 heteroatoms. The van der Waals surface area contributed by atoms with Gasteiger partial charge < -0.3 is 5.73 Å². The monoisotopic (exact) mass is 379 g/mol. The molecule has 3 rings (SSSR count). The first-order valence-corrected chi connectivity index (χ1v) is 8.94. The molecule has 2 N–H and O–H groups in total. The summed E-state index contributed by atoms with van der Waals surface area (Å²) in [6.45, 7) is 1.30. The molecule has 1 amide bonds. The van der Waals surface area contributed by atoms with Gasteiger partial charge in [0.2, 0.25) is 5.91 Å². The number of nitro benzene ring substituents is 1. The Kier molecular flexibility index (Phi) is 4.15. The van der Waals surface area contributed by atoms with Crippen LogP contribution >= 0.6 is 0 Å². The molecule has 0 saturated heterocycles. The lowest BCUT2D eigenvalue weighted by Gasteiger charge is -2.25. The Balaban J connectivity index is 2.23. The fourth-order valence-corrected chi connectivity index (χ4v) is 4.74. The molecular weight excluding hydrogens is 365 g/mol. The number of primary amides is 1. The second-order valence-electron chi connectivity index (χ2n) is 5.88. The van der Waals surface area contributed by atoms with Gasteiger partial charge in [-0.3, -0.25) is 19.2 Å². The molecule has 26 heavy (non-hydrogen) atoms. The van der Waals surface area contributed by atoms with Crippen LogP contribution in [0.15, 0.2) is 41.3 Å². The number of nitrogens with zero attached hydrogens (tertiary/aromatic N) is 2. The van der Waals surface area contributed by atoms with Crippen molar-refractivity contribution >= 4 is 27.3 Å². The Labute approximate surface area is 148 Å². The van der Waals surface area contributed by atoms with Crippen molar-refractivity contribution in [2.75, 3.05) is 4.31 Å². The quantitative estimate of drug-likeness (QED) is 0.639. The molecular formula is C16H14FN3O5S. The molecule has 1 atom stereocenters. The minimum atomic E-state index is -4.60. The van der Waals surface area contributed by atoms with Crippen LogP contribution in [-0.4, -0.2) is 25.3 Å². The lowest BCUT2D eigenvalue weighted by Crippen LogP contribution is -2.46. The van der Waals surface area contributed by atoms with Gasteiger partial charge in [-0.1, -0.05) is 18.2 Å². The van der Waals surface area contributed by atoms with E-state index in [0.717, 1.165) is 10.4 Å². The van der Waals surface area contributed by atoms with E-state index in [1.54, 1.807) is 18.2 Å². The number of fused-ring (bicyclic) bond motifs is 1. The van der Waals surface area contributed by atoms with Crippen LogP contribution in [-0.2, 0) is 21.2 Å². The summed E-state index contributed by atoms with van der Waals surface area (Å²) in [7, 11) is -4.60. The number of anilines is 1. The highest BCUT2D eigenvalue weighted by atomic mass is 32.2. The van der Waals surface area contributed by atoms with Crippen LogP contribution < -0.4 is 10.0 Å². The molecule has 2 aromatic rings. The number of aryl methyl sites for hydroxylation is 1. The van der Waals surface area contributed by atoms with Gasteiger partial charge in [0, 0.05) is 18.1 Å². The standard InChI is InChI=1S/C16H14FN3O5S/c1-9-6-11(17)15(8-13(9)20(22)23)26(24,25)19-12-5-3-2-4-10(12)7-14(19)16(18)21/h2-6,8,14H,7H2,1H3,(H2,18,21)/t14-/m0/s1. The van der Waals surface area contributed by atoms with Gasteiger partial charge >= 0.3 is 0 Å². The molecule has 1 aliphatic heterocycles. The van der Waals surface area contributed by atoms with Crippen molar-refractivity contribution in [1.29, 1.82) is 0 Å². The van der Waals surface area contributed by atoms with Crippen LogP contribution in [0.25, 0.3) is 0 Å². The summed E-state index contributed by atoms with van der Waals surface area (Å²) in [5.74, 6) is -2.03. The Hall–Kier alpha value is -3.01. The Morgan fingerprint density at radius 1 is 1.35 bits per heavy atom. The fraction of sp³-hybridized carbons (Fsp3) is 0.188. The topological polar surface area (TPSA) is 124 Å². The minimum absolute atomic E-state index is 0.0141. The highest BCUT2D eigenvalue weighted by molar-refractivity contribution is 7.93. The third kappa shape index (κ3) is 2.68. The summed E-state index contributed by atoms with van der Waals surface area (Å²) in [4.78, 5) is 21.2. The molecule has 0 bridgehead atoms. The summed E-state index contributed by atoms with van der Waals surface area (Å²) in [5.41, 5.74) is 5.54. The largest absolute Gasteiger partial charge is 0.368 e. The lowest BCUT2D eigenvalue weighted by atomic mass is 10.1. The second-order valence-corrected chi connectivity index (χ2v) is 7.66. The Bertz CT molecular complexity index is 1040. The summed E-state index contributed by atoms with van der Waals surface area (Å²) in [5, 5.41) is 11.1. The van der Waals surface area contributed by atoms with E-state index < -0.39 is 43.3 Å². The van der Waals surface area contributed by atoms with Crippen LogP contribution in [0.3, 0.4) is 0 Å². The van der Waals surface area contributed by atoms with E-state index in [0.29, 0.717) is 11.6 Å². The number of sulfonamides is 1. The molecule has 0 aromatic heterocycles. The SMILES string of the molecule is Cc1cc(F)c(S(=O)(=O)N2c3ccccc3C[C@H]2C(N)=O)cc1[N+](=O)[O-]. The van der Waals surface area contributed by atoms with Crippen molar-refractivity contribution in [3.05, 3.63) is 63.5 Å².